The van der Waals surface area contributed by atoms with Gasteiger partial charge in [-0.3, -0.25) is 14.9 Å². The zero-order chi connectivity index (χ0) is 28.0. The fraction of sp³-hybridized carbons (Fsp3) is 0.385. The molecular weight excluding hydrogens is 544 g/mol. The summed E-state index contributed by atoms with van der Waals surface area (Å²) in [6.07, 6.45) is 1.52. The summed E-state index contributed by atoms with van der Waals surface area (Å²) in [6, 6.07) is 9.00. The van der Waals surface area contributed by atoms with Crippen LogP contribution in [0.5, 0.6) is 17.5 Å². The third-order valence-electron chi connectivity index (χ3n) is 5.55. The van der Waals surface area contributed by atoms with Crippen LogP contribution in [-0.2, 0) is 26.0 Å². The monoisotopic (exact) mass is 574 g/mol. The van der Waals surface area contributed by atoms with E-state index in [0.717, 1.165) is 12.8 Å². The van der Waals surface area contributed by atoms with Crippen molar-refractivity contribution >= 4 is 38.4 Å². The topological polar surface area (TPSA) is 137 Å². The lowest BCUT2D eigenvalue weighted by molar-refractivity contribution is -0.142. The Bertz CT molecular complexity index is 1420. The smallest absolute Gasteiger partial charge is 0.311 e. The van der Waals surface area contributed by atoms with Crippen molar-refractivity contribution in [1.82, 2.24) is 14.3 Å². The Balaban J connectivity index is 1.50. The molecular formula is C26H30N4O7S2. The minimum atomic E-state index is -3.55. The number of nitrogens with zero attached hydrogens (tertiary/aromatic N) is 3. The zero-order valence-corrected chi connectivity index (χ0v) is 23.5. The summed E-state index contributed by atoms with van der Waals surface area (Å²) in [5.74, 6) is -0.244. The fourth-order valence-electron chi connectivity index (χ4n) is 3.82. The fourth-order valence-corrected chi connectivity index (χ4v) is 6.04. The molecule has 1 aliphatic rings. The maximum atomic E-state index is 13.0. The molecule has 3 aromatic rings. The van der Waals surface area contributed by atoms with E-state index in [4.69, 9.17) is 14.2 Å². The van der Waals surface area contributed by atoms with Crippen LogP contribution in [0.4, 0.5) is 5.13 Å². The number of hydrogen-bond acceptors (Lipinski definition) is 10. The molecule has 0 radical (unpaired) electrons. The van der Waals surface area contributed by atoms with E-state index in [9.17, 15) is 18.0 Å². The molecule has 1 aliphatic heterocycles. The molecule has 1 aromatic carbocycles. The van der Waals surface area contributed by atoms with Gasteiger partial charge in [0.2, 0.25) is 21.8 Å². The molecule has 0 atom stereocenters. The summed E-state index contributed by atoms with van der Waals surface area (Å²) in [6.45, 7) is 6.70. The van der Waals surface area contributed by atoms with Gasteiger partial charge >= 0.3 is 5.97 Å². The standard InChI is InChI=1S/C26H30N4O7S2/c1-4-35-24(31)15-19-16-38-26(27-19)29-25(32)18-13-22(36-17(2)3)28-23(14-18)37-20-7-9-21(10-8-20)39(33,34)30-11-5-6-12-30/h7-10,13-14,16-17H,4-6,11-12,15H2,1-3H3,(H,27,29,32). The van der Waals surface area contributed by atoms with Gasteiger partial charge in [-0.05, 0) is 57.9 Å². The lowest BCUT2D eigenvalue weighted by atomic mass is 10.2. The molecule has 0 aliphatic carbocycles. The number of carbonyl (C=O) groups is 2. The van der Waals surface area contributed by atoms with Crippen LogP contribution in [0.3, 0.4) is 0 Å². The number of sulfonamides is 1. The average Bonchev–Trinajstić information content (AvgIpc) is 3.57. The van der Waals surface area contributed by atoms with Crippen molar-refractivity contribution in [3.63, 3.8) is 0 Å². The van der Waals surface area contributed by atoms with Crippen LogP contribution in [0.15, 0.2) is 46.7 Å². The van der Waals surface area contributed by atoms with Gasteiger partial charge in [0.05, 0.1) is 35.3 Å². The summed E-state index contributed by atoms with van der Waals surface area (Å²) in [7, 11) is -3.55. The van der Waals surface area contributed by atoms with Crippen molar-refractivity contribution in [2.45, 2.75) is 51.0 Å². The number of pyridine rings is 1. The predicted octanol–water partition coefficient (Wildman–Crippen LogP) is 4.26. The van der Waals surface area contributed by atoms with Gasteiger partial charge in [0.15, 0.2) is 5.13 Å². The zero-order valence-electron chi connectivity index (χ0n) is 21.9. The third-order valence-corrected chi connectivity index (χ3v) is 8.27. The Morgan fingerprint density at radius 3 is 2.44 bits per heavy atom. The minimum Gasteiger partial charge on any atom is -0.475 e. The molecule has 1 saturated heterocycles. The molecule has 3 heterocycles. The van der Waals surface area contributed by atoms with Gasteiger partial charge in [0.25, 0.3) is 5.91 Å². The lowest BCUT2D eigenvalue weighted by Crippen LogP contribution is -2.27. The molecule has 1 N–H and O–H groups in total. The van der Waals surface area contributed by atoms with Crippen molar-refractivity contribution in [1.29, 1.82) is 0 Å². The van der Waals surface area contributed by atoms with Crippen molar-refractivity contribution in [3.05, 3.63) is 53.0 Å². The highest BCUT2D eigenvalue weighted by atomic mass is 32.2. The minimum absolute atomic E-state index is 0.0119. The molecule has 0 saturated carbocycles. The van der Waals surface area contributed by atoms with Crippen LogP contribution < -0.4 is 14.8 Å². The Hall–Kier alpha value is -3.55. The van der Waals surface area contributed by atoms with E-state index < -0.39 is 21.9 Å². The number of aromatic nitrogens is 2. The second kappa shape index (κ2) is 12.5. The maximum Gasteiger partial charge on any atom is 0.311 e. The Kier molecular flexibility index (Phi) is 9.15. The highest BCUT2D eigenvalue weighted by Crippen LogP contribution is 2.28. The second-order valence-corrected chi connectivity index (χ2v) is 11.8. The van der Waals surface area contributed by atoms with E-state index in [1.54, 1.807) is 24.4 Å². The van der Waals surface area contributed by atoms with Gasteiger partial charge in [-0.25, -0.2) is 13.4 Å². The van der Waals surface area contributed by atoms with E-state index >= 15 is 0 Å². The predicted molar refractivity (Wildman–Crippen MR) is 145 cm³/mol. The summed E-state index contributed by atoms with van der Waals surface area (Å²) in [5.41, 5.74) is 0.706. The van der Waals surface area contributed by atoms with Crippen molar-refractivity contribution < 1.29 is 32.2 Å². The molecule has 4 rings (SSSR count). The summed E-state index contributed by atoms with van der Waals surface area (Å²) < 4.78 is 43.6. The molecule has 39 heavy (non-hydrogen) atoms. The van der Waals surface area contributed by atoms with Gasteiger partial charge in [0.1, 0.15) is 5.75 Å². The largest absolute Gasteiger partial charge is 0.475 e. The average molecular weight is 575 g/mol. The number of esters is 1. The van der Waals surface area contributed by atoms with Crippen LogP contribution in [-0.4, -0.2) is 60.4 Å². The van der Waals surface area contributed by atoms with E-state index in [0.29, 0.717) is 29.7 Å². The second-order valence-electron chi connectivity index (χ2n) is 8.96. The van der Waals surface area contributed by atoms with Crippen molar-refractivity contribution in [2.24, 2.45) is 0 Å². The molecule has 1 fully saturated rings. The summed E-state index contributed by atoms with van der Waals surface area (Å²) in [5, 5.41) is 4.71. The van der Waals surface area contributed by atoms with Crippen molar-refractivity contribution in [3.8, 4) is 17.5 Å². The maximum absolute atomic E-state index is 13.0. The van der Waals surface area contributed by atoms with Gasteiger partial charge in [0, 0.05) is 30.6 Å². The lowest BCUT2D eigenvalue weighted by Gasteiger charge is -2.16. The van der Waals surface area contributed by atoms with Gasteiger partial charge in [-0.2, -0.15) is 9.29 Å². The first kappa shape index (κ1) is 28.5. The van der Waals surface area contributed by atoms with E-state index in [1.807, 2.05) is 13.8 Å². The highest BCUT2D eigenvalue weighted by Gasteiger charge is 2.27. The molecule has 11 nitrogen and oxygen atoms in total. The first-order valence-corrected chi connectivity index (χ1v) is 14.8. The molecule has 0 spiro atoms. The number of anilines is 1. The number of thiazole rings is 1. The number of benzene rings is 1. The highest BCUT2D eigenvalue weighted by molar-refractivity contribution is 7.89. The first-order chi connectivity index (χ1) is 18.6. The van der Waals surface area contributed by atoms with Gasteiger partial charge in [-0.15, -0.1) is 11.3 Å². The quantitative estimate of drug-likeness (QED) is 0.333. The molecule has 208 valence electrons. The Morgan fingerprint density at radius 1 is 1.08 bits per heavy atom. The van der Waals surface area contributed by atoms with E-state index in [2.05, 4.69) is 15.3 Å². The summed E-state index contributed by atoms with van der Waals surface area (Å²) in [4.78, 5) is 33.5. The van der Waals surface area contributed by atoms with Crippen LogP contribution in [0.1, 0.15) is 49.7 Å². The molecule has 0 bridgehead atoms. The third kappa shape index (κ3) is 7.52. The van der Waals surface area contributed by atoms with Crippen LogP contribution in [0.25, 0.3) is 0 Å². The first-order valence-electron chi connectivity index (χ1n) is 12.5. The number of nitrogens with one attached hydrogen (secondary N) is 1. The number of rotatable bonds is 11. The van der Waals surface area contributed by atoms with E-state index in [1.165, 1.54) is 39.9 Å². The molecule has 1 amide bonds. The van der Waals surface area contributed by atoms with Crippen LogP contribution in [0.2, 0.25) is 0 Å². The van der Waals surface area contributed by atoms with Crippen LogP contribution >= 0.6 is 11.3 Å². The van der Waals surface area contributed by atoms with Gasteiger partial charge in [-0.1, -0.05) is 0 Å². The van der Waals surface area contributed by atoms with Crippen molar-refractivity contribution in [2.75, 3.05) is 25.0 Å². The number of hydrogen-bond donors (Lipinski definition) is 1. The SMILES string of the molecule is CCOC(=O)Cc1csc(NC(=O)c2cc(Oc3ccc(S(=O)(=O)N4CCCC4)cc3)nc(OC(C)C)c2)n1. The number of ether oxygens (including phenoxy) is 3. The Labute approximate surface area is 231 Å². The number of carbonyl (C=O) groups excluding carboxylic acids is 2. The number of amides is 1. The van der Waals surface area contributed by atoms with Crippen LogP contribution in [0, 0.1) is 0 Å². The van der Waals surface area contributed by atoms with Gasteiger partial charge < -0.3 is 14.2 Å². The molecule has 13 heteroatoms. The molecule has 2 aromatic heterocycles. The normalized spacial score (nSPS) is 13.8. The Morgan fingerprint density at radius 2 is 1.77 bits per heavy atom. The molecule has 0 unspecified atom stereocenters. The van der Waals surface area contributed by atoms with E-state index in [-0.39, 0.29) is 41.4 Å². The summed E-state index contributed by atoms with van der Waals surface area (Å²) >= 11 is 1.19.